The summed E-state index contributed by atoms with van der Waals surface area (Å²) >= 11 is 6.00. The Bertz CT molecular complexity index is 854. The fourth-order valence-electron chi connectivity index (χ4n) is 3.28. The Morgan fingerprint density at radius 2 is 1.93 bits per heavy atom. The van der Waals surface area contributed by atoms with Gasteiger partial charge in [0.2, 0.25) is 5.91 Å². The number of carbonyl (C=O) groups excluding carboxylic acids is 2. The normalized spacial score (nSPS) is 19.0. The molecule has 2 atom stereocenters. The number of anilines is 1. The molecule has 1 heterocycles. The van der Waals surface area contributed by atoms with Gasteiger partial charge in [-0.05, 0) is 48.7 Å². The second-order valence-corrected chi connectivity index (χ2v) is 7.14. The Hall–Kier alpha value is -2.57. The number of rotatable bonds is 5. The van der Waals surface area contributed by atoms with Gasteiger partial charge in [0, 0.05) is 30.3 Å². The standard InChI is InChI=1S/C21H23ClN2O4/c1-13(25)23-17-9-10-28-20(12-17)14-3-6-16(7-4-14)24-21(26)18-11-15(22)5-8-19(18)27-2/h3-8,11,17,20H,9-10,12H2,1-2H3,(H,23,25)(H,24,26)/t17-,20+/m0/s1. The summed E-state index contributed by atoms with van der Waals surface area (Å²) in [5.41, 5.74) is 2.03. The summed E-state index contributed by atoms with van der Waals surface area (Å²) in [4.78, 5) is 23.8. The highest BCUT2D eigenvalue weighted by molar-refractivity contribution is 6.31. The van der Waals surface area contributed by atoms with Crippen LogP contribution in [-0.2, 0) is 9.53 Å². The van der Waals surface area contributed by atoms with Crippen LogP contribution in [0.3, 0.4) is 0 Å². The Labute approximate surface area is 169 Å². The molecule has 3 rings (SSSR count). The number of carbonyl (C=O) groups is 2. The maximum Gasteiger partial charge on any atom is 0.259 e. The van der Waals surface area contributed by atoms with E-state index in [-0.39, 0.29) is 24.0 Å². The quantitative estimate of drug-likeness (QED) is 0.793. The summed E-state index contributed by atoms with van der Waals surface area (Å²) in [6, 6.07) is 12.5. The van der Waals surface area contributed by atoms with Crippen molar-refractivity contribution in [2.24, 2.45) is 0 Å². The first-order valence-corrected chi connectivity index (χ1v) is 9.47. The molecule has 0 radical (unpaired) electrons. The fraction of sp³-hybridized carbons (Fsp3) is 0.333. The summed E-state index contributed by atoms with van der Waals surface area (Å²) in [5.74, 6) is 0.130. The van der Waals surface area contributed by atoms with E-state index < -0.39 is 0 Å². The molecule has 2 amide bonds. The molecule has 1 aliphatic heterocycles. The average Bonchev–Trinajstić information content (AvgIpc) is 2.68. The maximum atomic E-state index is 12.6. The molecule has 1 saturated heterocycles. The monoisotopic (exact) mass is 402 g/mol. The first kappa shape index (κ1) is 20.2. The molecular weight excluding hydrogens is 380 g/mol. The van der Waals surface area contributed by atoms with E-state index in [9.17, 15) is 9.59 Å². The summed E-state index contributed by atoms with van der Waals surface area (Å²) in [6.45, 7) is 2.12. The van der Waals surface area contributed by atoms with E-state index in [0.717, 1.165) is 18.4 Å². The molecule has 0 saturated carbocycles. The first-order valence-electron chi connectivity index (χ1n) is 9.10. The molecular formula is C21H23ClN2O4. The van der Waals surface area contributed by atoms with Crippen LogP contribution in [-0.4, -0.2) is 31.6 Å². The van der Waals surface area contributed by atoms with E-state index in [1.165, 1.54) is 14.0 Å². The van der Waals surface area contributed by atoms with Crippen molar-refractivity contribution in [1.82, 2.24) is 5.32 Å². The van der Waals surface area contributed by atoms with Crippen LogP contribution in [0.2, 0.25) is 5.02 Å². The lowest BCUT2D eigenvalue weighted by Gasteiger charge is -2.30. The molecule has 1 fully saturated rings. The number of hydrogen-bond donors (Lipinski definition) is 2. The first-order chi connectivity index (χ1) is 13.5. The van der Waals surface area contributed by atoms with Crippen molar-refractivity contribution >= 4 is 29.1 Å². The third kappa shape index (κ3) is 5.03. The van der Waals surface area contributed by atoms with Crippen molar-refractivity contribution in [3.05, 3.63) is 58.6 Å². The summed E-state index contributed by atoms with van der Waals surface area (Å²) in [6.07, 6.45) is 1.46. The molecule has 2 N–H and O–H groups in total. The highest BCUT2D eigenvalue weighted by Gasteiger charge is 2.24. The molecule has 0 unspecified atom stereocenters. The van der Waals surface area contributed by atoms with Crippen molar-refractivity contribution < 1.29 is 19.1 Å². The Balaban J connectivity index is 1.67. The number of hydrogen-bond acceptors (Lipinski definition) is 4. The van der Waals surface area contributed by atoms with Gasteiger partial charge in [0.05, 0.1) is 18.8 Å². The van der Waals surface area contributed by atoms with Gasteiger partial charge in [-0.15, -0.1) is 0 Å². The summed E-state index contributed by atoms with van der Waals surface area (Å²) in [7, 11) is 1.51. The number of amides is 2. The largest absolute Gasteiger partial charge is 0.496 e. The van der Waals surface area contributed by atoms with Crippen LogP contribution in [0.4, 0.5) is 5.69 Å². The van der Waals surface area contributed by atoms with E-state index in [4.69, 9.17) is 21.1 Å². The molecule has 2 aromatic rings. The lowest BCUT2D eigenvalue weighted by Crippen LogP contribution is -2.38. The van der Waals surface area contributed by atoms with Gasteiger partial charge in [0.25, 0.3) is 5.91 Å². The molecule has 0 aliphatic carbocycles. The Morgan fingerprint density at radius 1 is 1.18 bits per heavy atom. The molecule has 0 bridgehead atoms. The topological polar surface area (TPSA) is 76.7 Å². The number of methoxy groups -OCH3 is 1. The van der Waals surface area contributed by atoms with Gasteiger partial charge in [-0.2, -0.15) is 0 Å². The van der Waals surface area contributed by atoms with Gasteiger partial charge in [-0.1, -0.05) is 23.7 Å². The zero-order valence-corrected chi connectivity index (χ0v) is 16.6. The lowest BCUT2D eigenvalue weighted by molar-refractivity contribution is -0.120. The molecule has 0 aromatic heterocycles. The third-order valence-electron chi connectivity index (χ3n) is 4.64. The predicted octanol–water partition coefficient (Wildman–Crippen LogP) is 3.96. The van der Waals surface area contributed by atoms with Crippen LogP contribution in [0.25, 0.3) is 0 Å². The van der Waals surface area contributed by atoms with Crippen LogP contribution in [0.5, 0.6) is 5.75 Å². The predicted molar refractivity (Wildman–Crippen MR) is 108 cm³/mol. The van der Waals surface area contributed by atoms with Crippen LogP contribution in [0, 0.1) is 0 Å². The van der Waals surface area contributed by atoms with Crippen LogP contribution >= 0.6 is 11.6 Å². The number of nitrogens with one attached hydrogen (secondary N) is 2. The third-order valence-corrected chi connectivity index (χ3v) is 4.87. The molecule has 2 aromatic carbocycles. The zero-order valence-electron chi connectivity index (χ0n) is 15.8. The van der Waals surface area contributed by atoms with Crippen LogP contribution in [0.15, 0.2) is 42.5 Å². The molecule has 1 aliphatic rings. The fourth-order valence-corrected chi connectivity index (χ4v) is 3.46. The highest BCUT2D eigenvalue weighted by atomic mass is 35.5. The summed E-state index contributed by atoms with van der Waals surface area (Å²) in [5, 5.41) is 6.27. The maximum absolute atomic E-state index is 12.6. The van der Waals surface area contributed by atoms with Crippen LogP contribution in [0.1, 0.15) is 41.8 Å². The number of halogens is 1. The van der Waals surface area contributed by atoms with Gasteiger partial charge in [0.1, 0.15) is 5.75 Å². The highest BCUT2D eigenvalue weighted by Crippen LogP contribution is 2.29. The molecule has 6 nitrogen and oxygen atoms in total. The van der Waals surface area contributed by atoms with E-state index in [0.29, 0.717) is 28.6 Å². The van der Waals surface area contributed by atoms with E-state index in [2.05, 4.69) is 10.6 Å². The molecule has 7 heteroatoms. The Kier molecular flexibility index (Phi) is 6.54. The van der Waals surface area contributed by atoms with Crippen molar-refractivity contribution in [2.75, 3.05) is 19.0 Å². The van der Waals surface area contributed by atoms with E-state index in [1.807, 2.05) is 24.3 Å². The van der Waals surface area contributed by atoms with Gasteiger partial charge in [-0.3, -0.25) is 9.59 Å². The minimum atomic E-state index is -0.299. The van der Waals surface area contributed by atoms with E-state index in [1.54, 1.807) is 18.2 Å². The Morgan fingerprint density at radius 3 is 2.61 bits per heavy atom. The SMILES string of the molecule is COc1ccc(Cl)cc1C(=O)Nc1ccc([C@H]2C[C@@H](NC(C)=O)CCO2)cc1. The zero-order chi connectivity index (χ0) is 20.1. The van der Waals surface area contributed by atoms with Crippen molar-refractivity contribution in [1.29, 1.82) is 0 Å². The summed E-state index contributed by atoms with van der Waals surface area (Å²) < 4.78 is 11.1. The molecule has 148 valence electrons. The minimum Gasteiger partial charge on any atom is -0.496 e. The smallest absolute Gasteiger partial charge is 0.259 e. The van der Waals surface area contributed by atoms with Crippen molar-refractivity contribution in [2.45, 2.75) is 31.9 Å². The number of benzene rings is 2. The second kappa shape index (κ2) is 9.08. The minimum absolute atomic E-state index is 0.0276. The van der Waals surface area contributed by atoms with Crippen LogP contribution < -0.4 is 15.4 Å². The van der Waals surface area contributed by atoms with E-state index >= 15 is 0 Å². The molecule has 28 heavy (non-hydrogen) atoms. The molecule has 0 spiro atoms. The van der Waals surface area contributed by atoms with Gasteiger partial charge < -0.3 is 20.1 Å². The van der Waals surface area contributed by atoms with Crippen molar-refractivity contribution in [3.8, 4) is 5.75 Å². The van der Waals surface area contributed by atoms with Gasteiger partial charge in [-0.25, -0.2) is 0 Å². The second-order valence-electron chi connectivity index (χ2n) is 6.70. The van der Waals surface area contributed by atoms with Gasteiger partial charge in [0.15, 0.2) is 0 Å². The lowest BCUT2D eigenvalue weighted by atomic mass is 9.97. The number of ether oxygens (including phenoxy) is 2. The van der Waals surface area contributed by atoms with Gasteiger partial charge >= 0.3 is 0 Å². The van der Waals surface area contributed by atoms with Crippen molar-refractivity contribution in [3.63, 3.8) is 0 Å². The average molecular weight is 403 g/mol.